The zero-order valence-electron chi connectivity index (χ0n) is 25.3. The van der Waals surface area contributed by atoms with Crippen molar-refractivity contribution in [2.75, 3.05) is 13.2 Å². The summed E-state index contributed by atoms with van der Waals surface area (Å²) in [5.41, 5.74) is -0.828. The number of hydrogen-bond donors (Lipinski definition) is 2. The maximum Gasteiger partial charge on any atom is 0.329 e. The van der Waals surface area contributed by atoms with E-state index >= 15 is 0 Å². The third-order valence-corrected chi connectivity index (χ3v) is 9.17. The number of esters is 1. The van der Waals surface area contributed by atoms with Crippen LogP contribution in [0.3, 0.4) is 0 Å². The molecular weight excluding hydrogens is 548 g/mol. The standard InChI is InChI=1S/C30H45F2N5O5/c1-6-36-16-15-33-24(36)26(39)34-21(18-11-9-8-10-12-18)25(38)35-23(29(3,4)5)27(40)37-17-20-19(13-14-30(20,31)32)22(37)28(41)42-7-2/h15-16,18-23H,6-14,17H2,1-5H3,(H,34,39)(H,35,38)/t19?,20-,21-,22-,23+/m0/s1. The van der Waals surface area contributed by atoms with E-state index in [9.17, 15) is 28.0 Å². The number of aromatic nitrogens is 2. The Morgan fingerprint density at radius 2 is 1.79 bits per heavy atom. The summed E-state index contributed by atoms with van der Waals surface area (Å²) >= 11 is 0. The molecule has 2 aliphatic carbocycles. The van der Waals surface area contributed by atoms with Crippen molar-refractivity contribution in [3.8, 4) is 0 Å². The Kier molecular flexibility index (Phi) is 9.62. The minimum atomic E-state index is -2.99. The van der Waals surface area contributed by atoms with Crippen molar-refractivity contribution in [1.29, 1.82) is 0 Å². The van der Waals surface area contributed by atoms with Crippen molar-refractivity contribution < 1.29 is 32.7 Å². The van der Waals surface area contributed by atoms with Crippen LogP contribution in [-0.4, -0.2) is 75.3 Å². The Morgan fingerprint density at radius 1 is 1.10 bits per heavy atom. The van der Waals surface area contributed by atoms with Gasteiger partial charge in [-0.15, -0.1) is 0 Å². The first-order valence-electron chi connectivity index (χ1n) is 15.3. The second kappa shape index (κ2) is 12.7. The van der Waals surface area contributed by atoms with Gasteiger partial charge in [-0.3, -0.25) is 14.4 Å². The molecule has 2 saturated carbocycles. The Bertz CT molecular complexity index is 1160. The fourth-order valence-electron chi connectivity index (χ4n) is 6.91. The van der Waals surface area contributed by atoms with Gasteiger partial charge in [0.25, 0.3) is 11.8 Å². The van der Waals surface area contributed by atoms with Gasteiger partial charge in [0.2, 0.25) is 11.8 Å². The zero-order chi connectivity index (χ0) is 30.8. The molecule has 234 valence electrons. The van der Waals surface area contributed by atoms with E-state index in [0.717, 1.165) is 32.1 Å². The van der Waals surface area contributed by atoms with Gasteiger partial charge in [0.15, 0.2) is 5.82 Å². The summed E-state index contributed by atoms with van der Waals surface area (Å²) < 4.78 is 36.5. The molecule has 1 aromatic heterocycles. The SMILES string of the molecule is CCOC(=O)[C@@H]1C2CCC(F)(F)[C@H]2CN1C(=O)[C@@H](NC(=O)[C@@H](NC(=O)c1nccn1CC)C1CCCCC1)C(C)(C)C. The normalized spacial score (nSPS) is 25.4. The summed E-state index contributed by atoms with van der Waals surface area (Å²) in [4.78, 5) is 59.7. The molecule has 3 fully saturated rings. The number of rotatable bonds is 9. The van der Waals surface area contributed by atoms with Gasteiger partial charge in [0, 0.05) is 43.7 Å². The van der Waals surface area contributed by atoms with Crippen molar-refractivity contribution in [2.45, 2.75) is 110 Å². The van der Waals surface area contributed by atoms with E-state index in [1.54, 1.807) is 38.5 Å². The van der Waals surface area contributed by atoms with Crippen molar-refractivity contribution in [3.05, 3.63) is 18.2 Å². The van der Waals surface area contributed by atoms with Crippen LogP contribution >= 0.6 is 0 Å². The Balaban J connectivity index is 1.60. The number of fused-ring (bicyclic) bond motifs is 1. The predicted molar refractivity (Wildman–Crippen MR) is 150 cm³/mol. The number of alkyl halides is 2. The highest BCUT2D eigenvalue weighted by atomic mass is 19.3. The molecule has 0 spiro atoms. The number of carbonyl (C=O) groups excluding carboxylic acids is 4. The van der Waals surface area contributed by atoms with E-state index in [2.05, 4.69) is 15.6 Å². The summed E-state index contributed by atoms with van der Waals surface area (Å²) in [5, 5.41) is 5.76. The second-order valence-electron chi connectivity index (χ2n) is 13.0. The maximum atomic E-state index is 14.8. The third kappa shape index (κ3) is 6.46. The lowest BCUT2D eigenvalue weighted by Crippen LogP contribution is -2.61. The van der Waals surface area contributed by atoms with E-state index in [1.165, 1.54) is 11.1 Å². The summed E-state index contributed by atoms with van der Waals surface area (Å²) in [5.74, 6) is -7.11. The summed E-state index contributed by atoms with van der Waals surface area (Å²) in [6.07, 6.45) is 7.35. The number of amides is 3. The minimum absolute atomic E-state index is 0.0591. The largest absolute Gasteiger partial charge is 0.464 e. The van der Waals surface area contributed by atoms with Crippen LogP contribution in [0.2, 0.25) is 0 Å². The van der Waals surface area contributed by atoms with Crippen LogP contribution in [0, 0.1) is 23.2 Å². The number of hydrogen-bond acceptors (Lipinski definition) is 6. The molecule has 0 aromatic carbocycles. The lowest BCUT2D eigenvalue weighted by atomic mass is 9.82. The number of imidazole rings is 1. The maximum absolute atomic E-state index is 14.8. The number of ether oxygens (including phenoxy) is 1. The Labute approximate surface area is 246 Å². The van der Waals surface area contributed by atoms with Crippen LogP contribution in [0.15, 0.2) is 12.4 Å². The van der Waals surface area contributed by atoms with Crippen LogP contribution in [-0.2, 0) is 25.7 Å². The molecule has 0 bridgehead atoms. The average molecular weight is 594 g/mol. The molecule has 1 aliphatic heterocycles. The molecule has 1 saturated heterocycles. The van der Waals surface area contributed by atoms with Crippen molar-refractivity contribution in [3.63, 3.8) is 0 Å². The molecule has 1 unspecified atom stereocenters. The fourth-order valence-corrected chi connectivity index (χ4v) is 6.91. The summed E-state index contributed by atoms with van der Waals surface area (Å²) in [6, 6.07) is -3.19. The molecule has 0 radical (unpaired) electrons. The molecule has 12 heteroatoms. The zero-order valence-corrected chi connectivity index (χ0v) is 25.3. The highest BCUT2D eigenvalue weighted by Gasteiger charge is 2.62. The molecule has 2 heterocycles. The number of nitrogens with zero attached hydrogens (tertiary/aromatic N) is 3. The van der Waals surface area contributed by atoms with Gasteiger partial charge in [-0.05, 0) is 44.4 Å². The van der Waals surface area contributed by atoms with Crippen LogP contribution in [0.1, 0.15) is 90.2 Å². The van der Waals surface area contributed by atoms with Gasteiger partial charge in [0.1, 0.15) is 18.1 Å². The highest BCUT2D eigenvalue weighted by molar-refractivity contribution is 5.97. The lowest BCUT2D eigenvalue weighted by Gasteiger charge is -2.38. The lowest BCUT2D eigenvalue weighted by molar-refractivity contribution is -0.156. The summed E-state index contributed by atoms with van der Waals surface area (Å²) in [6.45, 7) is 9.13. The van der Waals surface area contributed by atoms with E-state index in [0.29, 0.717) is 6.54 Å². The number of aryl methyl sites for hydroxylation is 1. The van der Waals surface area contributed by atoms with Crippen LogP contribution in [0.25, 0.3) is 0 Å². The van der Waals surface area contributed by atoms with E-state index in [1.807, 2.05) is 6.92 Å². The van der Waals surface area contributed by atoms with Crippen LogP contribution in [0.4, 0.5) is 8.78 Å². The molecule has 3 aliphatic rings. The highest BCUT2D eigenvalue weighted by Crippen LogP contribution is 2.51. The van der Waals surface area contributed by atoms with Gasteiger partial charge in [0.05, 0.1) is 6.61 Å². The van der Waals surface area contributed by atoms with Crippen LogP contribution < -0.4 is 10.6 Å². The smallest absolute Gasteiger partial charge is 0.329 e. The first-order chi connectivity index (χ1) is 19.8. The minimum Gasteiger partial charge on any atom is -0.464 e. The molecule has 5 atom stereocenters. The fraction of sp³-hybridized carbons (Fsp3) is 0.767. The van der Waals surface area contributed by atoms with Gasteiger partial charge in [-0.2, -0.15) is 0 Å². The Hall–Kier alpha value is -3.05. The Morgan fingerprint density at radius 3 is 2.40 bits per heavy atom. The van der Waals surface area contributed by atoms with Gasteiger partial charge in [-0.1, -0.05) is 40.0 Å². The molecule has 1 aromatic rings. The number of likely N-dealkylation sites (tertiary alicyclic amines) is 1. The van der Waals surface area contributed by atoms with Crippen LogP contribution in [0.5, 0.6) is 0 Å². The first kappa shape index (κ1) is 31.9. The van der Waals surface area contributed by atoms with Gasteiger partial charge < -0.3 is 24.8 Å². The van der Waals surface area contributed by atoms with Crippen molar-refractivity contribution in [2.24, 2.45) is 23.2 Å². The summed E-state index contributed by atoms with van der Waals surface area (Å²) in [7, 11) is 0. The van der Waals surface area contributed by atoms with E-state index < -0.39 is 65.0 Å². The molecule has 2 N–H and O–H groups in total. The average Bonchev–Trinajstić information content (AvgIpc) is 3.65. The number of halogens is 2. The quantitative estimate of drug-likeness (QED) is 0.423. The predicted octanol–water partition coefficient (Wildman–Crippen LogP) is 3.55. The number of carbonyl (C=O) groups is 4. The third-order valence-electron chi connectivity index (χ3n) is 9.17. The van der Waals surface area contributed by atoms with E-state index in [4.69, 9.17) is 4.74 Å². The molecule has 3 amide bonds. The van der Waals surface area contributed by atoms with Gasteiger partial charge in [-0.25, -0.2) is 18.6 Å². The topological polar surface area (TPSA) is 123 Å². The van der Waals surface area contributed by atoms with Crippen molar-refractivity contribution >= 4 is 23.7 Å². The number of nitrogens with one attached hydrogen (secondary N) is 2. The molecular formula is C30H45F2N5O5. The van der Waals surface area contributed by atoms with Gasteiger partial charge >= 0.3 is 5.97 Å². The molecule has 4 rings (SSSR count). The first-order valence-corrected chi connectivity index (χ1v) is 15.3. The molecule has 10 nitrogen and oxygen atoms in total. The second-order valence-corrected chi connectivity index (χ2v) is 13.0. The molecule has 42 heavy (non-hydrogen) atoms. The monoisotopic (exact) mass is 593 g/mol. The van der Waals surface area contributed by atoms with E-state index in [-0.39, 0.29) is 37.7 Å². The van der Waals surface area contributed by atoms with Crippen molar-refractivity contribution in [1.82, 2.24) is 25.1 Å².